The first-order valence-corrected chi connectivity index (χ1v) is 11.7. The lowest BCUT2D eigenvalue weighted by molar-refractivity contribution is -0.172. The third-order valence-corrected chi connectivity index (χ3v) is 7.18. The van der Waals surface area contributed by atoms with E-state index in [0.717, 1.165) is 0 Å². The predicted molar refractivity (Wildman–Crippen MR) is 127 cm³/mol. The minimum atomic E-state index is -1.99. The Balaban J connectivity index is 1.70. The highest BCUT2D eigenvalue weighted by Gasteiger charge is 2.45. The summed E-state index contributed by atoms with van der Waals surface area (Å²) in [5, 5.41) is 23.7. The monoisotopic (exact) mass is 515 g/mol. The quantitative estimate of drug-likeness (QED) is 0.339. The van der Waals surface area contributed by atoms with Gasteiger partial charge < -0.3 is 24.8 Å². The first kappa shape index (κ1) is 25.1. The number of nitrogens with one attached hydrogen (secondary N) is 1. The number of pyridine rings is 2. The van der Waals surface area contributed by atoms with Crippen molar-refractivity contribution in [2.45, 2.75) is 45.6 Å². The molecule has 0 spiro atoms. The summed E-state index contributed by atoms with van der Waals surface area (Å²) in [6.45, 7) is 2.03. The number of aromatic nitrogens is 2. The Hall–Kier alpha value is -3.54. The molecule has 2 aliphatic heterocycles. The van der Waals surface area contributed by atoms with E-state index in [1.807, 2.05) is 0 Å². The van der Waals surface area contributed by atoms with Crippen LogP contribution in [-0.4, -0.2) is 38.9 Å². The summed E-state index contributed by atoms with van der Waals surface area (Å²) in [6.07, 6.45) is -1.98. The maximum atomic E-state index is 14.5. The van der Waals surface area contributed by atoms with Gasteiger partial charge in [0.15, 0.2) is 5.60 Å². The number of nitrogens with zero attached hydrogens (tertiary/aromatic N) is 2. The molecule has 1 aromatic carbocycles. The molecule has 0 aliphatic carbocycles. The van der Waals surface area contributed by atoms with Crippen LogP contribution < -0.4 is 10.9 Å². The molecule has 4 heterocycles. The van der Waals surface area contributed by atoms with Crippen molar-refractivity contribution in [1.82, 2.24) is 14.9 Å². The topological polar surface area (TPSA) is 114 Å². The maximum Gasteiger partial charge on any atom is 0.343 e. The fourth-order valence-corrected chi connectivity index (χ4v) is 5.01. The number of rotatable bonds is 6. The van der Waals surface area contributed by atoms with Crippen LogP contribution in [0.15, 0.2) is 34.6 Å². The number of cyclic esters (lactones) is 1. The summed E-state index contributed by atoms with van der Waals surface area (Å²) in [6, 6.07) is 4.44. The summed E-state index contributed by atoms with van der Waals surface area (Å²) in [7, 11) is 0. The van der Waals surface area contributed by atoms with Gasteiger partial charge in [0.05, 0.1) is 35.6 Å². The molecule has 0 amide bonds. The molecule has 2 aromatic heterocycles. The van der Waals surface area contributed by atoms with E-state index in [2.05, 4.69) is 10.3 Å². The van der Waals surface area contributed by atoms with Gasteiger partial charge in [0, 0.05) is 41.2 Å². The van der Waals surface area contributed by atoms with Crippen molar-refractivity contribution in [3.63, 3.8) is 0 Å². The predicted octanol–water partition coefficient (Wildman–Crippen LogP) is 2.76. The molecule has 1 atom stereocenters. The highest BCUT2D eigenvalue weighted by Crippen LogP contribution is 2.40. The van der Waals surface area contributed by atoms with E-state index in [1.54, 1.807) is 26.0 Å². The second-order valence-corrected chi connectivity index (χ2v) is 9.26. The Morgan fingerprint density at radius 2 is 2.00 bits per heavy atom. The first-order chi connectivity index (χ1) is 17.6. The van der Waals surface area contributed by atoms with Crippen LogP contribution in [0, 0.1) is 12.7 Å². The van der Waals surface area contributed by atoms with Gasteiger partial charge in [-0.25, -0.2) is 14.2 Å². The van der Waals surface area contributed by atoms with Gasteiger partial charge in [-0.05, 0) is 36.6 Å². The number of esters is 1. The van der Waals surface area contributed by atoms with E-state index in [1.165, 1.54) is 10.6 Å². The lowest BCUT2D eigenvalue weighted by Crippen LogP contribution is -2.44. The van der Waals surface area contributed by atoms with Gasteiger partial charge in [-0.3, -0.25) is 4.79 Å². The van der Waals surface area contributed by atoms with Gasteiger partial charge >= 0.3 is 5.97 Å². The molecule has 11 heteroatoms. The lowest BCUT2D eigenvalue weighted by Gasteiger charge is -2.31. The van der Waals surface area contributed by atoms with E-state index < -0.39 is 41.2 Å². The molecule has 3 N–H and O–H groups in total. The van der Waals surface area contributed by atoms with Crippen LogP contribution >= 0.6 is 0 Å². The average Bonchev–Trinajstić information content (AvgIpc) is 3.23. The van der Waals surface area contributed by atoms with Gasteiger partial charge in [0.2, 0.25) is 0 Å². The number of aryl methyl sites for hydroxylation is 1. The number of hydrogen-bond donors (Lipinski definition) is 3. The molecule has 194 valence electrons. The van der Waals surface area contributed by atoms with Gasteiger partial charge in [-0.1, -0.05) is 6.92 Å². The van der Waals surface area contributed by atoms with Gasteiger partial charge in [0.1, 0.15) is 12.4 Å². The SMILES string of the molecule is CC[C@@]1(O)C(=O)OCc2c1cc1n(c2=O)Cc2c-1nc1cc(F)c(C)cc1c2CNCC(CO)=C(F)F. The highest BCUT2D eigenvalue weighted by molar-refractivity contribution is 5.89. The Bertz CT molecular complexity index is 1560. The number of fused-ring (bicyclic) bond motifs is 5. The number of aliphatic hydroxyl groups excluding tert-OH is 1. The van der Waals surface area contributed by atoms with Crippen LogP contribution in [0.1, 0.15) is 41.2 Å². The Morgan fingerprint density at radius 1 is 1.24 bits per heavy atom. The molecule has 0 radical (unpaired) electrons. The summed E-state index contributed by atoms with van der Waals surface area (Å²) >= 11 is 0. The number of benzene rings is 1. The Labute approximate surface area is 209 Å². The van der Waals surface area contributed by atoms with Crippen LogP contribution in [0.2, 0.25) is 0 Å². The second kappa shape index (κ2) is 9.09. The summed E-state index contributed by atoms with van der Waals surface area (Å²) in [5.74, 6) is -1.32. The standard InChI is InChI=1S/C26H24F3N3O5/c1-3-26(36)18-5-21-22-16(9-32(21)24(34)17(18)11-37-25(26)35)15(8-30-7-13(10-33)23(28)29)14-4-12(2)19(27)6-20(14)31-22/h4-6,30,33,36H,3,7-11H2,1-2H3/t26-/m0/s1. The van der Waals surface area contributed by atoms with Crippen LogP contribution in [0.3, 0.4) is 0 Å². The van der Waals surface area contributed by atoms with Crippen molar-refractivity contribution >= 4 is 16.9 Å². The Morgan fingerprint density at radius 3 is 2.68 bits per heavy atom. The molecular formula is C26H24F3N3O5. The largest absolute Gasteiger partial charge is 0.458 e. The molecule has 3 aromatic rings. The van der Waals surface area contributed by atoms with Crippen molar-refractivity contribution in [2.75, 3.05) is 13.2 Å². The van der Waals surface area contributed by atoms with Crippen LogP contribution in [0.4, 0.5) is 13.2 Å². The van der Waals surface area contributed by atoms with Crippen LogP contribution in [0.25, 0.3) is 22.3 Å². The zero-order valence-electron chi connectivity index (χ0n) is 20.1. The van der Waals surface area contributed by atoms with E-state index in [9.17, 15) is 33.0 Å². The number of hydrogen-bond acceptors (Lipinski definition) is 7. The molecule has 37 heavy (non-hydrogen) atoms. The molecule has 5 rings (SSSR count). The fourth-order valence-electron chi connectivity index (χ4n) is 5.01. The molecule has 2 aliphatic rings. The molecule has 0 saturated carbocycles. The smallest absolute Gasteiger partial charge is 0.343 e. The number of aliphatic hydroxyl groups is 2. The van der Waals surface area contributed by atoms with Gasteiger partial charge in [0.25, 0.3) is 11.6 Å². The number of halogens is 3. The van der Waals surface area contributed by atoms with Crippen molar-refractivity contribution in [3.8, 4) is 11.4 Å². The zero-order valence-corrected chi connectivity index (χ0v) is 20.1. The third kappa shape index (κ3) is 3.85. The van der Waals surface area contributed by atoms with Crippen molar-refractivity contribution < 1.29 is 32.9 Å². The van der Waals surface area contributed by atoms with Gasteiger partial charge in [-0.2, -0.15) is 8.78 Å². The summed E-state index contributed by atoms with van der Waals surface area (Å²) in [4.78, 5) is 30.5. The molecule has 0 bridgehead atoms. The van der Waals surface area contributed by atoms with E-state index in [-0.39, 0.29) is 43.8 Å². The number of carbonyl (C=O) groups excluding carboxylic acids is 1. The number of ether oxygens (including phenoxy) is 1. The zero-order chi connectivity index (χ0) is 26.6. The van der Waals surface area contributed by atoms with Crippen molar-refractivity contribution in [3.05, 3.63) is 73.8 Å². The van der Waals surface area contributed by atoms with Crippen molar-refractivity contribution in [2.24, 2.45) is 0 Å². The minimum absolute atomic E-state index is 0.00870. The van der Waals surface area contributed by atoms with Crippen molar-refractivity contribution in [1.29, 1.82) is 0 Å². The van der Waals surface area contributed by atoms with E-state index >= 15 is 0 Å². The normalized spacial score (nSPS) is 17.9. The van der Waals surface area contributed by atoms with Crippen LogP contribution in [0.5, 0.6) is 0 Å². The maximum absolute atomic E-state index is 14.5. The molecule has 8 nitrogen and oxygen atoms in total. The molecule has 0 unspecified atom stereocenters. The first-order valence-electron chi connectivity index (χ1n) is 11.7. The molecule has 0 fully saturated rings. The second-order valence-electron chi connectivity index (χ2n) is 9.26. The molecule has 0 saturated heterocycles. The minimum Gasteiger partial charge on any atom is -0.458 e. The average molecular weight is 515 g/mol. The highest BCUT2D eigenvalue weighted by atomic mass is 19.3. The fraction of sp³-hybridized carbons (Fsp3) is 0.346. The molecular weight excluding hydrogens is 491 g/mol. The van der Waals surface area contributed by atoms with E-state index in [0.29, 0.717) is 39.0 Å². The summed E-state index contributed by atoms with van der Waals surface area (Å²) in [5.41, 5.74) is 0.115. The summed E-state index contributed by atoms with van der Waals surface area (Å²) < 4.78 is 47.1. The van der Waals surface area contributed by atoms with E-state index in [4.69, 9.17) is 4.74 Å². The lowest BCUT2D eigenvalue weighted by atomic mass is 9.86. The third-order valence-electron chi connectivity index (χ3n) is 7.18. The van der Waals surface area contributed by atoms with Gasteiger partial charge in [-0.15, -0.1) is 0 Å². The Kier molecular flexibility index (Phi) is 6.17. The van der Waals surface area contributed by atoms with Crippen LogP contribution in [-0.2, 0) is 34.8 Å². The number of carbonyl (C=O) groups is 1.